The van der Waals surface area contributed by atoms with Crippen LogP contribution >= 0.6 is 11.6 Å². The number of esters is 1. The Balaban J connectivity index is 1.92. The molecule has 0 fully saturated rings. The summed E-state index contributed by atoms with van der Waals surface area (Å²) in [4.78, 5) is 33.9. The Kier molecular flexibility index (Phi) is 6.08. The van der Waals surface area contributed by atoms with Crippen molar-refractivity contribution in [3.63, 3.8) is 0 Å². The Morgan fingerprint density at radius 2 is 1.92 bits per heavy atom. The lowest BCUT2D eigenvalue weighted by atomic mass is 10.1. The minimum Gasteiger partial charge on any atom is -0.452 e. The Bertz CT molecular complexity index is 795. The van der Waals surface area contributed by atoms with E-state index < -0.39 is 29.1 Å². The summed E-state index contributed by atoms with van der Waals surface area (Å²) >= 11 is 5.68. The second-order valence-electron chi connectivity index (χ2n) is 5.20. The van der Waals surface area contributed by atoms with Gasteiger partial charge in [-0.15, -0.1) is 0 Å². The van der Waals surface area contributed by atoms with Crippen LogP contribution in [0.1, 0.15) is 28.9 Å². The van der Waals surface area contributed by atoms with E-state index in [4.69, 9.17) is 16.3 Å². The van der Waals surface area contributed by atoms with Gasteiger partial charge in [0.2, 0.25) is 0 Å². The van der Waals surface area contributed by atoms with E-state index in [0.29, 0.717) is 0 Å². The third kappa shape index (κ3) is 5.02. The molecule has 0 saturated carbocycles. The molecule has 2 aromatic rings. The van der Waals surface area contributed by atoms with Gasteiger partial charge in [0, 0.05) is 6.07 Å². The van der Waals surface area contributed by atoms with Crippen LogP contribution in [-0.2, 0) is 9.53 Å². The molecule has 8 heteroatoms. The minimum absolute atomic E-state index is 0.0555. The number of nitro benzene ring substituents is 1. The van der Waals surface area contributed by atoms with Crippen LogP contribution in [-0.4, -0.2) is 23.4 Å². The molecule has 0 spiro atoms. The van der Waals surface area contributed by atoms with Crippen LogP contribution in [0.25, 0.3) is 0 Å². The van der Waals surface area contributed by atoms with Crippen molar-refractivity contribution in [2.45, 2.75) is 13.0 Å². The van der Waals surface area contributed by atoms with E-state index in [9.17, 15) is 19.7 Å². The maximum absolute atomic E-state index is 11.9. The molecular formula is C17H15ClN2O5. The molecule has 0 aromatic heterocycles. The van der Waals surface area contributed by atoms with Gasteiger partial charge in [0.25, 0.3) is 11.6 Å². The zero-order chi connectivity index (χ0) is 18.4. The first-order valence-corrected chi connectivity index (χ1v) is 7.71. The van der Waals surface area contributed by atoms with Gasteiger partial charge >= 0.3 is 5.97 Å². The largest absolute Gasteiger partial charge is 0.452 e. The van der Waals surface area contributed by atoms with Gasteiger partial charge in [-0.3, -0.25) is 14.9 Å². The van der Waals surface area contributed by atoms with Crippen molar-refractivity contribution in [2.75, 3.05) is 6.61 Å². The molecule has 2 aromatic carbocycles. The average Bonchev–Trinajstić information content (AvgIpc) is 2.60. The molecule has 1 amide bonds. The first-order chi connectivity index (χ1) is 11.9. The molecule has 2 rings (SSSR count). The van der Waals surface area contributed by atoms with E-state index in [-0.39, 0.29) is 16.6 Å². The lowest BCUT2D eigenvalue weighted by Crippen LogP contribution is -2.31. The van der Waals surface area contributed by atoms with Crippen LogP contribution in [0.15, 0.2) is 48.5 Å². The maximum atomic E-state index is 11.9. The molecule has 25 heavy (non-hydrogen) atoms. The van der Waals surface area contributed by atoms with Gasteiger partial charge in [-0.05, 0) is 24.6 Å². The molecule has 1 N–H and O–H groups in total. The zero-order valence-corrected chi connectivity index (χ0v) is 14.0. The van der Waals surface area contributed by atoms with Gasteiger partial charge in [-0.1, -0.05) is 41.9 Å². The van der Waals surface area contributed by atoms with E-state index in [1.54, 1.807) is 6.92 Å². The number of nitrogens with zero attached hydrogens (tertiary/aromatic N) is 1. The molecule has 0 aliphatic carbocycles. The summed E-state index contributed by atoms with van der Waals surface area (Å²) in [6, 6.07) is 12.6. The van der Waals surface area contributed by atoms with Gasteiger partial charge < -0.3 is 10.1 Å². The third-order valence-electron chi connectivity index (χ3n) is 3.39. The molecule has 0 aliphatic heterocycles. The molecule has 0 radical (unpaired) electrons. The topological polar surface area (TPSA) is 98.5 Å². The van der Waals surface area contributed by atoms with E-state index in [1.807, 2.05) is 30.3 Å². The van der Waals surface area contributed by atoms with E-state index in [1.165, 1.54) is 12.1 Å². The second kappa shape index (κ2) is 8.25. The van der Waals surface area contributed by atoms with Crippen molar-refractivity contribution in [3.05, 3.63) is 74.8 Å². The SMILES string of the molecule is C[C@@H](NC(=O)COC(=O)c1ccc(Cl)c([N+](=O)[O-])c1)c1ccccc1. The number of carbonyl (C=O) groups excluding carboxylic acids is 2. The van der Waals surface area contributed by atoms with Gasteiger partial charge in [0.05, 0.1) is 16.5 Å². The highest BCUT2D eigenvalue weighted by molar-refractivity contribution is 6.32. The van der Waals surface area contributed by atoms with Gasteiger partial charge in [0.1, 0.15) is 5.02 Å². The number of nitro groups is 1. The number of ether oxygens (including phenoxy) is 1. The quantitative estimate of drug-likeness (QED) is 0.483. The fraction of sp³-hybridized carbons (Fsp3) is 0.176. The zero-order valence-electron chi connectivity index (χ0n) is 13.3. The number of nitrogens with one attached hydrogen (secondary N) is 1. The maximum Gasteiger partial charge on any atom is 0.338 e. The predicted octanol–water partition coefficient (Wildman–Crippen LogP) is 3.28. The normalized spacial score (nSPS) is 11.4. The Morgan fingerprint density at radius 3 is 2.56 bits per heavy atom. The standard InChI is InChI=1S/C17H15ClN2O5/c1-11(12-5-3-2-4-6-12)19-16(21)10-25-17(22)13-7-8-14(18)15(9-13)20(23)24/h2-9,11H,10H2,1H3,(H,19,21)/t11-/m1/s1. The molecule has 0 saturated heterocycles. The highest BCUT2D eigenvalue weighted by Crippen LogP contribution is 2.25. The first kappa shape index (κ1) is 18.4. The van der Waals surface area contributed by atoms with Crippen molar-refractivity contribution in [2.24, 2.45) is 0 Å². The number of hydrogen-bond donors (Lipinski definition) is 1. The average molecular weight is 363 g/mol. The summed E-state index contributed by atoms with van der Waals surface area (Å²) in [5.74, 6) is -1.32. The molecule has 0 unspecified atom stereocenters. The molecule has 7 nitrogen and oxygen atoms in total. The van der Waals surface area contributed by atoms with Crippen molar-refractivity contribution in [3.8, 4) is 0 Å². The summed E-state index contributed by atoms with van der Waals surface area (Å²) in [5.41, 5.74) is 0.453. The first-order valence-electron chi connectivity index (χ1n) is 7.34. The lowest BCUT2D eigenvalue weighted by molar-refractivity contribution is -0.384. The molecule has 130 valence electrons. The van der Waals surface area contributed by atoms with Crippen LogP contribution in [0.4, 0.5) is 5.69 Å². The van der Waals surface area contributed by atoms with Crippen LogP contribution in [0, 0.1) is 10.1 Å². The minimum atomic E-state index is -0.845. The van der Waals surface area contributed by atoms with Crippen LogP contribution in [0.5, 0.6) is 0 Å². The van der Waals surface area contributed by atoms with Crippen molar-refractivity contribution in [1.82, 2.24) is 5.32 Å². The number of hydrogen-bond acceptors (Lipinski definition) is 5. The summed E-state index contributed by atoms with van der Waals surface area (Å²) < 4.78 is 4.88. The van der Waals surface area contributed by atoms with Crippen LogP contribution in [0.3, 0.4) is 0 Å². The summed E-state index contributed by atoms with van der Waals surface area (Å²) in [6.07, 6.45) is 0. The summed E-state index contributed by atoms with van der Waals surface area (Å²) in [5, 5.41) is 13.4. The molecule has 1 atom stereocenters. The Hall–Kier alpha value is -2.93. The van der Waals surface area contributed by atoms with Crippen LogP contribution in [0.2, 0.25) is 5.02 Å². The number of carbonyl (C=O) groups is 2. The van der Waals surface area contributed by atoms with Gasteiger partial charge in [-0.25, -0.2) is 4.79 Å². The predicted molar refractivity (Wildman–Crippen MR) is 91.4 cm³/mol. The molecule has 0 aliphatic rings. The van der Waals surface area contributed by atoms with E-state index in [2.05, 4.69) is 5.32 Å². The second-order valence-corrected chi connectivity index (χ2v) is 5.61. The van der Waals surface area contributed by atoms with Crippen molar-refractivity contribution < 1.29 is 19.2 Å². The molecule has 0 bridgehead atoms. The highest BCUT2D eigenvalue weighted by atomic mass is 35.5. The van der Waals surface area contributed by atoms with Crippen molar-refractivity contribution >= 4 is 29.2 Å². The Morgan fingerprint density at radius 1 is 1.24 bits per heavy atom. The van der Waals surface area contributed by atoms with Crippen LogP contribution < -0.4 is 5.32 Å². The highest BCUT2D eigenvalue weighted by Gasteiger charge is 2.18. The summed E-state index contributed by atoms with van der Waals surface area (Å²) in [6.45, 7) is 1.31. The molecule has 0 heterocycles. The fourth-order valence-electron chi connectivity index (χ4n) is 2.10. The number of rotatable bonds is 6. The number of halogens is 1. The third-order valence-corrected chi connectivity index (χ3v) is 3.71. The number of benzene rings is 2. The van der Waals surface area contributed by atoms with Gasteiger partial charge in [-0.2, -0.15) is 0 Å². The van der Waals surface area contributed by atoms with Gasteiger partial charge in [0.15, 0.2) is 6.61 Å². The molecular weight excluding hydrogens is 348 g/mol. The Labute approximate surface area is 148 Å². The number of amides is 1. The van der Waals surface area contributed by atoms with E-state index in [0.717, 1.165) is 11.6 Å². The van der Waals surface area contributed by atoms with E-state index >= 15 is 0 Å². The lowest BCUT2D eigenvalue weighted by Gasteiger charge is -2.14. The summed E-state index contributed by atoms with van der Waals surface area (Å²) in [7, 11) is 0. The monoisotopic (exact) mass is 362 g/mol. The van der Waals surface area contributed by atoms with Crippen molar-refractivity contribution in [1.29, 1.82) is 0 Å². The fourth-order valence-corrected chi connectivity index (χ4v) is 2.29. The smallest absolute Gasteiger partial charge is 0.338 e.